The molecule has 0 unspecified atom stereocenters. The molecule has 1 saturated heterocycles. The minimum Gasteiger partial charge on any atom is -0.481 e. The molecule has 1 aliphatic heterocycles. The van der Waals surface area contributed by atoms with Gasteiger partial charge in [0.15, 0.2) is 0 Å². The number of carboxylic acids is 1. The van der Waals surface area contributed by atoms with Crippen molar-refractivity contribution in [2.45, 2.75) is 20.3 Å². The maximum Gasteiger partial charge on any atom is 0.308 e. The molecule has 3 rings (SSSR count). The van der Waals surface area contributed by atoms with Gasteiger partial charge in [-0.25, -0.2) is 0 Å². The van der Waals surface area contributed by atoms with Gasteiger partial charge in [0.2, 0.25) is 0 Å². The van der Waals surface area contributed by atoms with Gasteiger partial charge in [0.05, 0.1) is 22.7 Å². The van der Waals surface area contributed by atoms with Gasteiger partial charge >= 0.3 is 5.97 Å². The molecule has 2 heterocycles. The van der Waals surface area contributed by atoms with E-state index in [1.165, 1.54) is 0 Å². The first kappa shape index (κ1) is 14.5. The number of amides is 1. The summed E-state index contributed by atoms with van der Waals surface area (Å²) in [5, 5.41) is 9.98. The second-order valence-corrected chi connectivity index (χ2v) is 5.89. The second-order valence-electron chi connectivity index (χ2n) is 5.89. The van der Waals surface area contributed by atoms with Gasteiger partial charge in [-0.1, -0.05) is 12.1 Å². The summed E-state index contributed by atoms with van der Waals surface area (Å²) < 4.78 is 0. The zero-order valence-corrected chi connectivity index (χ0v) is 12.7. The molecule has 0 spiro atoms. The molecule has 22 heavy (non-hydrogen) atoms. The van der Waals surface area contributed by atoms with Crippen molar-refractivity contribution in [1.29, 1.82) is 0 Å². The fourth-order valence-corrected chi connectivity index (χ4v) is 2.91. The summed E-state index contributed by atoms with van der Waals surface area (Å²) in [7, 11) is 0. The molecule has 1 N–H and O–H groups in total. The van der Waals surface area contributed by atoms with Gasteiger partial charge in [-0.2, -0.15) is 0 Å². The highest BCUT2D eigenvalue weighted by Gasteiger charge is 2.32. The van der Waals surface area contributed by atoms with E-state index in [0.29, 0.717) is 24.2 Å². The summed E-state index contributed by atoms with van der Waals surface area (Å²) in [6.45, 7) is 4.59. The van der Waals surface area contributed by atoms with Gasteiger partial charge in [-0.05, 0) is 38.0 Å². The molecular weight excluding hydrogens is 280 g/mol. The van der Waals surface area contributed by atoms with Crippen LogP contribution in [0.1, 0.15) is 28.0 Å². The number of fused-ring (bicyclic) bond motifs is 1. The molecule has 0 saturated carbocycles. The number of carbonyl (C=O) groups excluding carboxylic acids is 1. The third kappa shape index (κ3) is 2.54. The van der Waals surface area contributed by atoms with Crippen LogP contribution in [-0.4, -0.2) is 40.0 Å². The Morgan fingerprint density at radius 3 is 2.73 bits per heavy atom. The second kappa shape index (κ2) is 5.40. The third-order valence-corrected chi connectivity index (χ3v) is 4.22. The van der Waals surface area contributed by atoms with Crippen molar-refractivity contribution in [1.82, 2.24) is 9.88 Å². The van der Waals surface area contributed by atoms with Crippen LogP contribution in [-0.2, 0) is 4.79 Å². The number of hydrogen-bond donors (Lipinski definition) is 1. The minimum absolute atomic E-state index is 0.128. The SMILES string of the molecule is Cc1ccc2cc(C(=O)N3CC[C@H](C(=O)O)C3)c(C)nc2c1. The average Bonchev–Trinajstić information content (AvgIpc) is 2.95. The number of aromatic nitrogens is 1. The molecule has 1 atom stereocenters. The molecule has 1 amide bonds. The van der Waals surface area contributed by atoms with E-state index in [-0.39, 0.29) is 12.5 Å². The predicted molar refractivity (Wildman–Crippen MR) is 82.9 cm³/mol. The van der Waals surface area contributed by atoms with Crippen molar-refractivity contribution in [2.24, 2.45) is 5.92 Å². The van der Waals surface area contributed by atoms with Crippen molar-refractivity contribution in [2.75, 3.05) is 13.1 Å². The zero-order valence-electron chi connectivity index (χ0n) is 12.7. The number of aliphatic carboxylic acids is 1. The van der Waals surface area contributed by atoms with Crippen LogP contribution in [0.3, 0.4) is 0 Å². The summed E-state index contributed by atoms with van der Waals surface area (Å²) in [4.78, 5) is 29.8. The Balaban J connectivity index is 1.93. The Labute approximate surface area is 128 Å². The van der Waals surface area contributed by atoms with Crippen molar-refractivity contribution in [3.05, 3.63) is 41.1 Å². The molecule has 0 aliphatic carbocycles. The first-order valence-corrected chi connectivity index (χ1v) is 7.36. The number of hydrogen-bond acceptors (Lipinski definition) is 3. The highest BCUT2D eigenvalue weighted by molar-refractivity contribution is 5.99. The third-order valence-electron chi connectivity index (χ3n) is 4.22. The lowest BCUT2D eigenvalue weighted by Crippen LogP contribution is -2.30. The molecular formula is C17H18N2O3. The Morgan fingerprint density at radius 2 is 2.05 bits per heavy atom. The largest absolute Gasteiger partial charge is 0.481 e. The lowest BCUT2D eigenvalue weighted by Gasteiger charge is -2.17. The quantitative estimate of drug-likeness (QED) is 0.924. The Hall–Kier alpha value is -2.43. The zero-order chi connectivity index (χ0) is 15.9. The lowest BCUT2D eigenvalue weighted by molar-refractivity contribution is -0.141. The van der Waals surface area contributed by atoms with Crippen LogP contribution in [0.2, 0.25) is 0 Å². The van der Waals surface area contributed by atoms with E-state index < -0.39 is 11.9 Å². The van der Waals surface area contributed by atoms with Gasteiger partial charge in [0.25, 0.3) is 5.91 Å². The number of aryl methyl sites for hydroxylation is 2. The van der Waals surface area contributed by atoms with Crippen molar-refractivity contribution in [3.8, 4) is 0 Å². The van der Waals surface area contributed by atoms with E-state index in [0.717, 1.165) is 16.5 Å². The summed E-state index contributed by atoms with van der Waals surface area (Å²) in [5.41, 5.74) is 3.24. The van der Waals surface area contributed by atoms with Gasteiger partial charge in [0, 0.05) is 18.5 Å². The van der Waals surface area contributed by atoms with Crippen LogP contribution >= 0.6 is 0 Å². The first-order valence-electron chi connectivity index (χ1n) is 7.36. The molecule has 5 heteroatoms. The molecule has 5 nitrogen and oxygen atoms in total. The number of rotatable bonds is 2. The van der Waals surface area contributed by atoms with Crippen LogP contribution < -0.4 is 0 Å². The predicted octanol–water partition coefficient (Wildman–Crippen LogP) is 2.40. The fraction of sp³-hybridized carbons (Fsp3) is 0.353. The summed E-state index contributed by atoms with van der Waals surface area (Å²) in [6, 6.07) is 7.79. The van der Waals surface area contributed by atoms with Gasteiger partial charge < -0.3 is 10.0 Å². The van der Waals surface area contributed by atoms with Crippen LogP contribution in [0.25, 0.3) is 10.9 Å². The first-order chi connectivity index (χ1) is 10.5. The highest BCUT2D eigenvalue weighted by atomic mass is 16.4. The number of carboxylic acid groups (broad SMARTS) is 1. The van der Waals surface area contributed by atoms with Crippen LogP contribution in [0.4, 0.5) is 0 Å². The van der Waals surface area contributed by atoms with Gasteiger partial charge in [-0.15, -0.1) is 0 Å². The van der Waals surface area contributed by atoms with E-state index in [1.54, 1.807) is 4.90 Å². The Kier molecular flexibility index (Phi) is 3.56. The molecule has 0 radical (unpaired) electrons. The highest BCUT2D eigenvalue weighted by Crippen LogP contribution is 2.23. The molecule has 0 bridgehead atoms. The van der Waals surface area contributed by atoms with Crippen LogP contribution in [0, 0.1) is 19.8 Å². The average molecular weight is 298 g/mol. The molecule has 114 valence electrons. The van der Waals surface area contributed by atoms with E-state index in [9.17, 15) is 9.59 Å². The monoisotopic (exact) mass is 298 g/mol. The van der Waals surface area contributed by atoms with E-state index in [4.69, 9.17) is 5.11 Å². The molecule has 1 fully saturated rings. The molecule has 2 aromatic rings. The summed E-state index contributed by atoms with van der Waals surface area (Å²) in [6.07, 6.45) is 0.514. The smallest absolute Gasteiger partial charge is 0.308 e. The maximum absolute atomic E-state index is 12.6. The normalized spacial score (nSPS) is 17.9. The van der Waals surface area contributed by atoms with Gasteiger partial charge in [-0.3, -0.25) is 14.6 Å². The van der Waals surface area contributed by atoms with E-state index in [2.05, 4.69) is 4.98 Å². The van der Waals surface area contributed by atoms with Crippen molar-refractivity contribution < 1.29 is 14.7 Å². The Bertz CT molecular complexity index is 770. The van der Waals surface area contributed by atoms with E-state index in [1.807, 2.05) is 38.1 Å². The summed E-state index contributed by atoms with van der Waals surface area (Å²) in [5.74, 6) is -1.42. The van der Waals surface area contributed by atoms with Crippen LogP contribution in [0.15, 0.2) is 24.3 Å². The summed E-state index contributed by atoms with van der Waals surface area (Å²) >= 11 is 0. The lowest BCUT2D eigenvalue weighted by atomic mass is 10.1. The molecule has 1 aromatic heterocycles. The molecule has 1 aromatic carbocycles. The number of likely N-dealkylation sites (tertiary alicyclic amines) is 1. The van der Waals surface area contributed by atoms with Crippen molar-refractivity contribution >= 4 is 22.8 Å². The topological polar surface area (TPSA) is 70.5 Å². The maximum atomic E-state index is 12.6. The van der Waals surface area contributed by atoms with Crippen molar-refractivity contribution in [3.63, 3.8) is 0 Å². The standard InChI is InChI=1S/C17H18N2O3/c1-10-3-4-12-8-14(11(2)18-15(12)7-10)16(20)19-6-5-13(9-19)17(21)22/h3-4,7-8,13H,5-6,9H2,1-2H3,(H,21,22)/t13-/m0/s1. The fourth-order valence-electron chi connectivity index (χ4n) is 2.91. The number of benzene rings is 1. The number of carbonyl (C=O) groups is 2. The Morgan fingerprint density at radius 1 is 1.27 bits per heavy atom. The van der Waals surface area contributed by atoms with Gasteiger partial charge in [0.1, 0.15) is 0 Å². The number of nitrogens with zero attached hydrogens (tertiary/aromatic N) is 2. The van der Waals surface area contributed by atoms with Crippen LogP contribution in [0.5, 0.6) is 0 Å². The number of pyridine rings is 1. The van der Waals surface area contributed by atoms with E-state index >= 15 is 0 Å². The molecule has 1 aliphatic rings. The minimum atomic E-state index is -0.834.